The second kappa shape index (κ2) is 7.08. The summed E-state index contributed by atoms with van der Waals surface area (Å²) in [4.78, 5) is 14.2. The van der Waals surface area contributed by atoms with Crippen LogP contribution in [0.2, 0.25) is 5.02 Å². The summed E-state index contributed by atoms with van der Waals surface area (Å²) in [5, 5.41) is 0.703. The molecule has 1 aromatic carbocycles. The third-order valence-electron chi connectivity index (χ3n) is 2.76. The molecule has 2 aromatic rings. The summed E-state index contributed by atoms with van der Waals surface area (Å²) in [5.41, 5.74) is 6.68. The molecule has 7 heteroatoms. The number of rotatable bonds is 6. The number of halogens is 1. The second-order valence-electron chi connectivity index (χ2n) is 4.57. The minimum absolute atomic E-state index is 0.136. The predicted molar refractivity (Wildman–Crippen MR) is 83.6 cm³/mol. The van der Waals surface area contributed by atoms with Crippen LogP contribution in [0.15, 0.2) is 24.3 Å². The molecule has 0 radical (unpaired) electrons. The summed E-state index contributed by atoms with van der Waals surface area (Å²) in [7, 11) is 1.86. The van der Waals surface area contributed by atoms with Crippen LogP contribution in [0, 0.1) is 0 Å². The van der Waals surface area contributed by atoms with Gasteiger partial charge in [-0.05, 0) is 18.1 Å². The van der Waals surface area contributed by atoms with Crippen LogP contribution >= 0.6 is 11.6 Å². The summed E-state index contributed by atoms with van der Waals surface area (Å²) in [6, 6.07) is 7.88. The molecule has 0 saturated heterocycles. The van der Waals surface area contributed by atoms with Gasteiger partial charge in [0.2, 0.25) is 11.9 Å². The van der Waals surface area contributed by atoms with E-state index >= 15 is 0 Å². The average molecular weight is 308 g/mol. The van der Waals surface area contributed by atoms with Crippen molar-refractivity contribution in [2.45, 2.75) is 19.9 Å². The highest BCUT2D eigenvalue weighted by atomic mass is 35.5. The Morgan fingerprint density at radius 2 is 2.00 bits per heavy atom. The number of benzene rings is 1. The van der Waals surface area contributed by atoms with Gasteiger partial charge in [-0.1, -0.05) is 36.7 Å². The van der Waals surface area contributed by atoms with Crippen LogP contribution in [-0.4, -0.2) is 28.6 Å². The van der Waals surface area contributed by atoms with Gasteiger partial charge in [0.15, 0.2) is 0 Å². The molecule has 1 aromatic heterocycles. The summed E-state index contributed by atoms with van der Waals surface area (Å²) < 4.78 is 5.41. The van der Waals surface area contributed by atoms with Crippen LogP contribution < -0.4 is 15.4 Å². The Labute approximate surface area is 128 Å². The molecule has 0 spiro atoms. The molecule has 2 rings (SSSR count). The standard InChI is InChI=1S/C14H18ClN5O/c1-3-8-21-14-18-12(16)17-13(19-14)20(2)9-10-6-4-5-7-11(10)15/h4-7H,3,8-9H2,1-2H3,(H2,16,17,18,19). The largest absolute Gasteiger partial charge is 0.463 e. The third-order valence-corrected chi connectivity index (χ3v) is 3.13. The van der Waals surface area contributed by atoms with Crippen molar-refractivity contribution in [2.24, 2.45) is 0 Å². The monoisotopic (exact) mass is 307 g/mol. The molecule has 0 bridgehead atoms. The van der Waals surface area contributed by atoms with Gasteiger partial charge in [-0.15, -0.1) is 0 Å². The molecule has 0 aliphatic carbocycles. The van der Waals surface area contributed by atoms with E-state index in [1.54, 1.807) is 0 Å². The van der Waals surface area contributed by atoms with Crippen LogP contribution in [0.1, 0.15) is 18.9 Å². The molecule has 0 atom stereocenters. The molecule has 0 saturated carbocycles. The topological polar surface area (TPSA) is 77.2 Å². The Morgan fingerprint density at radius 3 is 2.71 bits per heavy atom. The zero-order chi connectivity index (χ0) is 15.2. The highest BCUT2D eigenvalue weighted by molar-refractivity contribution is 6.31. The van der Waals surface area contributed by atoms with E-state index < -0.39 is 0 Å². The summed E-state index contributed by atoms with van der Waals surface area (Å²) in [6.07, 6.45) is 0.871. The van der Waals surface area contributed by atoms with E-state index in [1.165, 1.54) is 0 Å². The fourth-order valence-electron chi connectivity index (χ4n) is 1.74. The van der Waals surface area contributed by atoms with Gasteiger partial charge >= 0.3 is 6.01 Å². The maximum Gasteiger partial charge on any atom is 0.323 e. The number of hydrogen-bond donors (Lipinski definition) is 1. The highest BCUT2D eigenvalue weighted by Crippen LogP contribution is 2.19. The number of nitrogens with two attached hydrogens (primary N) is 1. The second-order valence-corrected chi connectivity index (χ2v) is 4.98. The first kappa shape index (κ1) is 15.3. The van der Waals surface area contributed by atoms with Gasteiger partial charge in [0.25, 0.3) is 0 Å². The van der Waals surface area contributed by atoms with Crippen molar-refractivity contribution in [3.8, 4) is 6.01 Å². The number of nitrogen functional groups attached to an aromatic ring is 1. The van der Waals surface area contributed by atoms with Gasteiger partial charge in [0.05, 0.1) is 6.61 Å². The molecular formula is C14H18ClN5O. The first-order valence-corrected chi connectivity index (χ1v) is 7.07. The maximum atomic E-state index is 6.16. The molecule has 112 valence electrons. The van der Waals surface area contributed by atoms with Crippen LogP contribution in [0.5, 0.6) is 6.01 Å². The molecule has 0 fully saturated rings. The van der Waals surface area contributed by atoms with Crippen molar-refractivity contribution in [3.63, 3.8) is 0 Å². The molecule has 0 unspecified atom stereocenters. The van der Waals surface area contributed by atoms with Crippen LogP contribution in [0.4, 0.5) is 11.9 Å². The van der Waals surface area contributed by atoms with Crippen molar-refractivity contribution in [3.05, 3.63) is 34.9 Å². The van der Waals surface area contributed by atoms with Gasteiger partial charge in [-0.3, -0.25) is 0 Å². The smallest absolute Gasteiger partial charge is 0.323 e. The van der Waals surface area contributed by atoms with Gasteiger partial charge in [0.1, 0.15) is 0 Å². The van der Waals surface area contributed by atoms with Crippen molar-refractivity contribution >= 4 is 23.5 Å². The zero-order valence-electron chi connectivity index (χ0n) is 12.1. The first-order chi connectivity index (χ1) is 10.1. The Balaban J connectivity index is 2.16. The molecule has 0 aliphatic rings. The van der Waals surface area contributed by atoms with Gasteiger partial charge in [0, 0.05) is 18.6 Å². The Kier molecular flexibility index (Phi) is 5.16. The zero-order valence-corrected chi connectivity index (χ0v) is 12.8. The van der Waals surface area contributed by atoms with Crippen LogP contribution in [0.3, 0.4) is 0 Å². The van der Waals surface area contributed by atoms with Gasteiger partial charge in [-0.2, -0.15) is 15.0 Å². The lowest BCUT2D eigenvalue weighted by Gasteiger charge is -2.18. The van der Waals surface area contributed by atoms with E-state index in [0.717, 1.165) is 12.0 Å². The Hall–Kier alpha value is -2.08. The van der Waals surface area contributed by atoms with Gasteiger partial charge in [-0.25, -0.2) is 0 Å². The van der Waals surface area contributed by atoms with E-state index in [9.17, 15) is 0 Å². The fraction of sp³-hybridized carbons (Fsp3) is 0.357. The fourth-order valence-corrected chi connectivity index (χ4v) is 1.94. The van der Waals surface area contributed by atoms with E-state index in [2.05, 4.69) is 15.0 Å². The molecule has 6 nitrogen and oxygen atoms in total. The normalized spacial score (nSPS) is 10.4. The number of anilines is 2. The molecule has 0 aliphatic heterocycles. The summed E-state index contributed by atoms with van der Waals surface area (Å²) in [6.45, 7) is 3.11. The van der Waals surface area contributed by atoms with Crippen LogP contribution in [-0.2, 0) is 6.54 Å². The quantitative estimate of drug-likeness (QED) is 0.883. The van der Waals surface area contributed by atoms with Crippen LogP contribution in [0.25, 0.3) is 0 Å². The molecule has 0 amide bonds. The van der Waals surface area contributed by atoms with E-state index in [0.29, 0.717) is 24.1 Å². The van der Waals surface area contributed by atoms with Crippen molar-refractivity contribution in [1.29, 1.82) is 0 Å². The SMILES string of the molecule is CCCOc1nc(N)nc(N(C)Cc2ccccc2Cl)n1. The predicted octanol–water partition coefficient (Wildman–Crippen LogP) is 2.53. The molecule has 21 heavy (non-hydrogen) atoms. The third kappa shape index (κ3) is 4.19. The minimum atomic E-state index is 0.136. The average Bonchev–Trinajstić information content (AvgIpc) is 2.47. The molecular weight excluding hydrogens is 290 g/mol. The van der Waals surface area contributed by atoms with E-state index in [-0.39, 0.29) is 12.0 Å². The number of aromatic nitrogens is 3. The van der Waals surface area contributed by atoms with Crippen molar-refractivity contribution in [1.82, 2.24) is 15.0 Å². The highest BCUT2D eigenvalue weighted by Gasteiger charge is 2.11. The van der Waals surface area contributed by atoms with E-state index in [1.807, 2.05) is 43.1 Å². The Morgan fingerprint density at radius 1 is 1.24 bits per heavy atom. The summed E-state index contributed by atoms with van der Waals surface area (Å²) in [5.74, 6) is 0.589. The minimum Gasteiger partial charge on any atom is -0.463 e. The first-order valence-electron chi connectivity index (χ1n) is 6.69. The summed E-state index contributed by atoms with van der Waals surface area (Å²) >= 11 is 6.16. The maximum absolute atomic E-state index is 6.16. The lowest BCUT2D eigenvalue weighted by atomic mass is 10.2. The van der Waals surface area contributed by atoms with E-state index in [4.69, 9.17) is 22.1 Å². The van der Waals surface area contributed by atoms with Crippen molar-refractivity contribution in [2.75, 3.05) is 24.3 Å². The number of ether oxygens (including phenoxy) is 1. The number of nitrogens with zero attached hydrogens (tertiary/aromatic N) is 4. The van der Waals surface area contributed by atoms with Gasteiger partial charge < -0.3 is 15.4 Å². The molecule has 1 heterocycles. The number of hydrogen-bond acceptors (Lipinski definition) is 6. The molecule has 2 N–H and O–H groups in total. The lowest BCUT2D eigenvalue weighted by Crippen LogP contribution is -2.21. The van der Waals surface area contributed by atoms with Crippen molar-refractivity contribution < 1.29 is 4.74 Å². The lowest BCUT2D eigenvalue weighted by molar-refractivity contribution is 0.292. The Bertz CT molecular complexity index is 608.